The maximum atomic E-state index is 13.0. The van der Waals surface area contributed by atoms with E-state index in [1.807, 2.05) is 50.2 Å². The Kier molecular flexibility index (Phi) is 5.36. The minimum absolute atomic E-state index is 0.247. The molecule has 1 saturated heterocycles. The lowest BCUT2D eigenvalue weighted by atomic mass is 9.91. The van der Waals surface area contributed by atoms with Gasteiger partial charge in [0.05, 0.1) is 6.54 Å². The molecule has 0 bridgehead atoms. The molecule has 5 nitrogen and oxygen atoms in total. The first kappa shape index (κ1) is 19.8. The fourth-order valence-electron chi connectivity index (χ4n) is 3.68. The smallest absolute Gasteiger partial charge is 0.319 e. The highest BCUT2D eigenvalue weighted by Crippen LogP contribution is 2.29. The minimum atomic E-state index is -1.16. The summed E-state index contributed by atoms with van der Waals surface area (Å²) in [5, 5.41) is 2.76. The monoisotopic (exact) mass is 378 g/mol. The van der Waals surface area contributed by atoms with Gasteiger partial charge < -0.3 is 5.32 Å². The molecule has 0 radical (unpaired) electrons. The molecule has 146 valence electrons. The maximum absolute atomic E-state index is 13.0. The first-order valence-electron chi connectivity index (χ1n) is 9.60. The van der Waals surface area contributed by atoms with Crippen molar-refractivity contribution in [2.75, 3.05) is 6.54 Å². The van der Waals surface area contributed by atoms with Crippen LogP contribution in [0.3, 0.4) is 0 Å². The lowest BCUT2D eigenvalue weighted by molar-refractivity contribution is -0.130. The van der Waals surface area contributed by atoms with Gasteiger partial charge in [0.2, 0.25) is 0 Å². The highest BCUT2D eigenvalue weighted by molar-refractivity contribution is 6.11. The van der Waals surface area contributed by atoms with Gasteiger partial charge in [-0.25, -0.2) is 4.79 Å². The number of carbonyl (C=O) groups is 3. The van der Waals surface area contributed by atoms with Gasteiger partial charge in [-0.05, 0) is 43.9 Å². The molecule has 1 fully saturated rings. The van der Waals surface area contributed by atoms with Crippen LogP contribution >= 0.6 is 0 Å². The number of urea groups is 1. The van der Waals surface area contributed by atoms with Crippen molar-refractivity contribution >= 4 is 17.7 Å². The molecule has 3 amide bonds. The standard InChI is InChI=1S/C23H26N2O3/c1-5-6-17-8-10-18(11-9-17)23(4)21(27)25(22(28)24-23)14-20(26)19-12-7-15(2)13-16(19)3/h7-13H,5-6,14H2,1-4H3,(H,24,28)/t23-/m1/s1. The van der Waals surface area contributed by atoms with Gasteiger partial charge in [0.15, 0.2) is 5.78 Å². The van der Waals surface area contributed by atoms with Crippen molar-refractivity contribution < 1.29 is 14.4 Å². The highest BCUT2D eigenvalue weighted by atomic mass is 16.2. The van der Waals surface area contributed by atoms with Crippen LogP contribution in [0.5, 0.6) is 0 Å². The van der Waals surface area contributed by atoms with E-state index in [2.05, 4.69) is 12.2 Å². The first-order chi connectivity index (χ1) is 13.3. The van der Waals surface area contributed by atoms with Crippen molar-refractivity contribution in [2.45, 2.75) is 46.1 Å². The molecule has 1 N–H and O–H groups in total. The molecule has 5 heteroatoms. The van der Waals surface area contributed by atoms with E-state index >= 15 is 0 Å². The molecule has 1 aliphatic rings. The molecule has 2 aromatic rings. The molecule has 1 atom stereocenters. The summed E-state index contributed by atoms with van der Waals surface area (Å²) in [6.45, 7) is 7.34. The van der Waals surface area contributed by atoms with Crippen LogP contribution in [-0.4, -0.2) is 29.2 Å². The average molecular weight is 378 g/mol. The number of ketones is 1. The summed E-state index contributed by atoms with van der Waals surface area (Å²) < 4.78 is 0. The van der Waals surface area contributed by atoms with E-state index in [0.717, 1.165) is 28.9 Å². The van der Waals surface area contributed by atoms with Crippen molar-refractivity contribution in [2.24, 2.45) is 0 Å². The van der Waals surface area contributed by atoms with Crippen LogP contribution in [0, 0.1) is 13.8 Å². The van der Waals surface area contributed by atoms with E-state index in [9.17, 15) is 14.4 Å². The van der Waals surface area contributed by atoms with E-state index in [4.69, 9.17) is 0 Å². The van der Waals surface area contributed by atoms with Gasteiger partial charge in [-0.1, -0.05) is 61.4 Å². The second-order valence-electron chi connectivity index (χ2n) is 7.63. The van der Waals surface area contributed by atoms with Crippen molar-refractivity contribution in [1.29, 1.82) is 0 Å². The summed E-state index contributed by atoms with van der Waals surface area (Å²) in [6, 6.07) is 12.7. The Morgan fingerprint density at radius 3 is 2.36 bits per heavy atom. The predicted octanol–water partition coefficient (Wildman–Crippen LogP) is 3.91. The molecule has 1 aliphatic heterocycles. The molecule has 0 unspecified atom stereocenters. The molecular weight excluding hydrogens is 352 g/mol. The zero-order valence-electron chi connectivity index (χ0n) is 16.8. The largest absolute Gasteiger partial charge is 0.325 e. The van der Waals surface area contributed by atoms with E-state index in [1.54, 1.807) is 13.0 Å². The van der Waals surface area contributed by atoms with Crippen molar-refractivity contribution in [1.82, 2.24) is 10.2 Å². The summed E-state index contributed by atoms with van der Waals surface area (Å²) in [5.74, 6) is -0.651. The molecule has 3 rings (SSSR count). The van der Waals surface area contributed by atoms with Crippen molar-refractivity contribution in [3.63, 3.8) is 0 Å². The lowest BCUT2D eigenvalue weighted by Crippen LogP contribution is -2.41. The third-order valence-electron chi connectivity index (χ3n) is 5.33. The Hall–Kier alpha value is -2.95. The summed E-state index contributed by atoms with van der Waals surface area (Å²) in [6.07, 6.45) is 2.01. The Morgan fingerprint density at radius 1 is 1.07 bits per heavy atom. The molecule has 0 spiro atoms. The SMILES string of the molecule is CCCc1ccc([C@@]2(C)NC(=O)N(CC(=O)c3ccc(C)cc3C)C2=O)cc1. The Balaban J connectivity index is 1.81. The average Bonchev–Trinajstić information content (AvgIpc) is 2.86. The van der Waals surface area contributed by atoms with E-state index < -0.39 is 17.5 Å². The predicted molar refractivity (Wildman–Crippen MR) is 108 cm³/mol. The summed E-state index contributed by atoms with van der Waals surface area (Å²) in [7, 11) is 0. The third-order valence-corrected chi connectivity index (χ3v) is 5.33. The van der Waals surface area contributed by atoms with Crippen LogP contribution in [0.1, 0.15) is 52.9 Å². The van der Waals surface area contributed by atoms with Crippen LogP contribution in [0.15, 0.2) is 42.5 Å². The number of amides is 3. The second kappa shape index (κ2) is 7.58. The van der Waals surface area contributed by atoms with Gasteiger partial charge in [-0.2, -0.15) is 0 Å². The number of Topliss-reactive ketones (excluding diaryl/α,β-unsaturated/α-hetero) is 1. The van der Waals surface area contributed by atoms with Gasteiger partial charge in [-0.3, -0.25) is 14.5 Å². The summed E-state index contributed by atoms with van der Waals surface area (Å²) >= 11 is 0. The maximum Gasteiger partial charge on any atom is 0.325 e. The van der Waals surface area contributed by atoms with Crippen LogP contribution < -0.4 is 5.32 Å². The Labute approximate surface area is 165 Å². The van der Waals surface area contributed by atoms with Crippen LogP contribution in [0.4, 0.5) is 4.79 Å². The van der Waals surface area contributed by atoms with E-state index in [-0.39, 0.29) is 12.3 Å². The number of aryl methyl sites for hydroxylation is 3. The van der Waals surface area contributed by atoms with Gasteiger partial charge in [0.25, 0.3) is 5.91 Å². The minimum Gasteiger partial charge on any atom is -0.319 e. The van der Waals surface area contributed by atoms with Crippen molar-refractivity contribution in [3.05, 3.63) is 70.3 Å². The number of carbonyl (C=O) groups excluding carboxylic acids is 3. The normalized spacial score (nSPS) is 19.1. The Bertz CT molecular complexity index is 933. The molecule has 1 heterocycles. The van der Waals surface area contributed by atoms with Gasteiger partial charge in [0, 0.05) is 5.56 Å². The van der Waals surface area contributed by atoms with Gasteiger partial charge in [-0.15, -0.1) is 0 Å². The van der Waals surface area contributed by atoms with E-state index in [1.165, 1.54) is 5.56 Å². The second-order valence-corrected chi connectivity index (χ2v) is 7.63. The molecule has 0 aliphatic carbocycles. The van der Waals surface area contributed by atoms with Crippen LogP contribution in [0.25, 0.3) is 0 Å². The number of imide groups is 1. The molecular formula is C23H26N2O3. The quantitative estimate of drug-likeness (QED) is 0.612. The summed E-state index contributed by atoms with van der Waals surface area (Å²) in [5.41, 5.74) is 3.17. The fraction of sp³-hybridized carbons (Fsp3) is 0.348. The number of hydrogen-bond acceptors (Lipinski definition) is 3. The molecule has 0 aromatic heterocycles. The molecule has 2 aromatic carbocycles. The van der Waals surface area contributed by atoms with Gasteiger partial charge in [0.1, 0.15) is 5.54 Å². The van der Waals surface area contributed by atoms with Crippen LogP contribution in [0.2, 0.25) is 0 Å². The number of benzene rings is 2. The zero-order valence-corrected chi connectivity index (χ0v) is 16.8. The number of nitrogens with one attached hydrogen (secondary N) is 1. The lowest BCUT2D eigenvalue weighted by Gasteiger charge is -2.22. The Morgan fingerprint density at radius 2 is 1.75 bits per heavy atom. The first-order valence-corrected chi connectivity index (χ1v) is 9.60. The third kappa shape index (κ3) is 3.57. The summed E-state index contributed by atoms with van der Waals surface area (Å²) in [4.78, 5) is 39.3. The van der Waals surface area contributed by atoms with Gasteiger partial charge >= 0.3 is 6.03 Å². The number of rotatable bonds is 6. The topological polar surface area (TPSA) is 66.5 Å². The zero-order chi connectivity index (χ0) is 20.5. The van der Waals surface area contributed by atoms with Crippen LogP contribution in [-0.2, 0) is 16.8 Å². The number of nitrogens with zero attached hydrogens (tertiary/aromatic N) is 1. The van der Waals surface area contributed by atoms with E-state index in [0.29, 0.717) is 11.1 Å². The fourth-order valence-corrected chi connectivity index (χ4v) is 3.68. The number of hydrogen-bond donors (Lipinski definition) is 1. The highest BCUT2D eigenvalue weighted by Gasteiger charge is 2.49. The molecule has 28 heavy (non-hydrogen) atoms. The van der Waals surface area contributed by atoms with Crippen molar-refractivity contribution in [3.8, 4) is 0 Å². The molecule has 0 saturated carbocycles.